The highest BCUT2D eigenvalue weighted by Gasteiger charge is 2.23. The Hall–Kier alpha value is -7.82. The monoisotopic (exact) mass is 742 g/mol. The van der Waals surface area contributed by atoms with Crippen LogP contribution in [0.1, 0.15) is 0 Å². The van der Waals surface area contributed by atoms with Gasteiger partial charge in [0.15, 0.2) is 0 Å². The average molecular weight is 743 g/mol. The number of hydrogen-bond donors (Lipinski definition) is 0. The van der Waals surface area contributed by atoms with Gasteiger partial charge in [0.25, 0.3) is 0 Å². The maximum atomic E-state index is 6.90. The highest BCUT2D eigenvalue weighted by atomic mass is 16.3. The molecule has 3 heterocycles. The Balaban J connectivity index is 1.07. The van der Waals surface area contributed by atoms with Gasteiger partial charge in [0.1, 0.15) is 22.3 Å². The van der Waals surface area contributed by atoms with E-state index >= 15 is 0 Å². The molecule has 0 N–H and O–H groups in total. The van der Waals surface area contributed by atoms with Crippen molar-refractivity contribution >= 4 is 82.7 Å². The summed E-state index contributed by atoms with van der Waals surface area (Å²) in [5.74, 6) is 0. The second kappa shape index (κ2) is 12.9. The molecule has 0 saturated carbocycles. The van der Waals surface area contributed by atoms with E-state index in [-0.39, 0.29) is 0 Å². The van der Waals surface area contributed by atoms with E-state index < -0.39 is 0 Å². The van der Waals surface area contributed by atoms with Crippen LogP contribution in [0.3, 0.4) is 0 Å². The molecular weight excluding hydrogens is 709 g/mol. The Bertz CT molecular complexity index is 3480. The summed E-state index contributed by atoms with van der Waals surface area (Å²) in [6, 6.07) is 73.1. The number of hydrogen-bond acceptors (Lipinski definition) is 3. The van der Waals surface area contributed by atoms with Crippen LogP contribution >= 0.6 is 0 Å². The number of benzene rings is 9. The lowest BCUT2D eigenvalue weighted by Gasteiger charge is -2.27. The molecule has 0 aliphatic carbocycles. The molecule has 0 amide bonds. The lowest BCUT2D eigenvalue weighted by molar-refractivity contribution is 0.669. The molecule has 9 aromatic carbocycles. The Kier molecular flexibility index (Phi) is 7.20. The number of fused-ring (bicyclic) bond motifs is 9. The smallest absolute Gasteiger partial charge is 0.145 e. The summed E-state index contributed by atoms with van der Waals surface area (Å²) in [6.45, 7) is 0. The number of furan rings is 2. The summed E-state index contributed by atoms with van der Waals surface area (Å²) in [4.78, 5) is 2.36. The summed E-state index contributed by atoms with van der Waals surface area (Å²) in [7, 11) is 0. The summed E-state index contributed by atoms with van der Waals surface area (Å²) in [5.41, 5.74) is 14.5. The van der Waals surface area contributed by atoms with Crippen molar-refractivity contribution in [3.63, 3.8) is 0 Å². The van der Waals surface area contributed by atoms with Gasteiger partial charge in [-0.15, -0.1) is 0 Å². The first-order valence-electron chi connectivity index (χ1n) is 19.7. The van der Waals surface area contributed by atoms with Gasteiger partial charge in [0, 0.05) is 49.6 Å². The Morgan fingerprint density at radius 3 is 1.69 bits per heavy atom. The van der Waals surface area contributed by atoms with E-state index in [2.05, 4.69) is 198 Å². The second-order valence-electron chi connectivity index (χ2n) is 14.9. The van der Waals surface area contributed by atoms with Gasteiger partial charge in [-0.05, 0) is 95.6 Å². The van der Waals surface area contributed by atoms with Crippen LogP contribution in [0.25, 0.3) is 93.6 Å². The van der Waals surface area contributed by atoms with Crippen molar-refractivity contribution in [3.05, 3.63) is 206 Å². The van der Waals surface area contributed by atoms with E-state index in [1.165, 1.54) is 21.8 Å². The number of aromatic nitrogens is 1. The fourth-order valence-electron chi connectivity index (χ4n) is 9.07. The van der Waals surface area contributed by atoms with Gasteiger partial charge in [-0.1, -0.05) is 127 Å². The van der Waals surface area contributed by atoms with Gasteiger partial charge < -0.3 is 18.3 Å². The van der Waals surface area contributed by atoms with Crippen LogP contribution in [-0.2, 0) is 0 Å². The summed E-state index contributed by atoms with van der Waals surface area (Å²) in [6.07, 6.45) is 0. The van der Waals surface area contributed by atoms with Crippen LogP contribution in [0.5, 0.6) is 0 Å². The molecule has 4 heteroatoms. The van der Waals surface area contributed by atoms with Crippen LogP contribution in [0.2, 0.25) is 0 Å². The van der Waals surface area contributed by atoms with Crippen molar-refractivity contribution in [1.82, 2.24) is 4.57 Å². The fraction of sp³-hybridized carbons (Fsp3) is 0. The molecule has 0 atom stereocenters. The van der Waals surface area contributed by atoms with Gasteiger partial charge in [-0.2, -0.15) is 0 Å². The van der Waals surface area contributed by atoms with E-state index in [4.69, 9.17) is 8.83 Å². The topological polar surface area (TPSA) is 34.5 Å². The maximum absolute atomic E-state index is 6.90. The van der Waals surface area contributed by atoms with Crippen LogP contribution in [0.15, 0.2) is 215 Å². The lowest BCUT2D eigenvalue weighted by Crippen LogP contribution is -2.10. The van der Waals surface area contributed by atoms with Gasteiger partial charge in [0.2, 0.25) is 0 Å². The molecule has 0 unspecified atom stereocenters. The fourth-order valence-corrected chi connectivity index (χ4v) is 9.07. The summed E-state index contributed by atoms with van der Waals surface area (Å²) in [5, 5.41) is 6.85. The average Bonchev–Trinajstić information content (AvgIpc) is 3.97. The molecule has 58 heavy (non-hydrogen) atoms. The molecule has 0 aliphatic heterocycles. The molecule has 0 aliphatic rings. The SMILES string of the molecule is c1ccc(N(c2cccc(-c3cccc4oc5ccccc5c34)c2)c2ccc(-c3cccc(-n4c5ccccc5c5ccccc54)c3)c3oc4ccccc4c23)cc1. The van der Waals surface area contributed by atoms with Gasteiger partial charge in [-0.25, -0.2) is 0 Å². The van der Waals surface area contributed by atoms with Crippen molar-refractivity contribution in [2.24, 2.45) is 0 Å². The third-order valence-electron chi connectivity index (χ3n) is 11.6. The zero-order valence-electron chi connectivity index (χ0n) is 31.3. The highest BCUT2D eigenvalue weighted by molar-refractivity contribution is 6.18. The van der Waals surface area contributed by atoms with Crippen molar-refractivity contribution in [2.45, 2.75) is 0 Å². The minimum absolute atomic E-state index is 0.852. The van der Waals surface area contributed by atoms with Crippen LogP contribution in [0, 0.1) is 0 Å². The zero-order valence-corrected chi connectivity index (χ0v) is 31.3. The predicted octanol–water partition coefficient (Wildman–Crippen LogP) is 15.4. The van der Waals surface area contributed by atoms with E-state index in [9.17, 15) is 0 Å². The second-order valence-corrected chi connectivity index (χ2v) is 14.9. The summed E-state index contributed by atoms with van der Waals surface area (Å²) < 4.78 is 15.6. The Morgan fingerprint density at radius 1 is 0.362 bits per heavy atom. The number of nitrogens with zero attached hydrogens (tertiary/aromatic N) is 2. The number of para-hydroxylation sites is 5. The zero-order chi connectivity index (χ0) is 38.2. The highest BCUT2D eigenvalue weighted by Crippen LogP contribution is 2.47. The van der Waals surface area contributed by atoms with Crippen molar-refractivity contribution in [1.29, 1.82) is 0 Å². The Labute approximate surface area is 334 Å². The minimum atomic E-state index is 0.852. The number of anilines is 3. The van der Waals surface area contributed by atoms with Crippen molar-refractivity contribution < 1.29 is 8.83 Å². The van der Waals surface area contributed by atoms with Crippen LogP contribution in [0.4, 0.5) is 17.1 Å². The molecule has 272 valence electrons. The molecule has 0 spiro atoms. The third-order valence-corrected chi connectivity index (χ3v) is 11.6. The third kappa shape index (κ3) is 4.95. The van der Waals surface area contributed by atoms with Crippen LogP contribution in [-0.4, -0.2) is 4.57 Å². The molecule has 0 fully saturated rings. The molecular formula is C54H34N2O2. The number of rotatable bonds is 6. The van der Waals surface area contributed by atoms with E-state index in [1.54, 1.807) is 0 Å². The van der Waals surface area contributed by atoms with Gasteiger partial charge in [0.05, 0.1) is 22.1 Å². The minimum Gasteiger partial charge on any atom is -0.456 e. The first-order valence-corrected chi connectivity index (χ1v) is 19.7. The van der Waals surface area contributed by atoms with E-state index in [1.807, 2.05) is 18.2 Å². The molecule has 12 aromatic rings. The molecule has 3 aromatic heterocycles. The first kappa shape index (κ1) is 32.4. The molecule has 0 radical (unpaired) electrons. The van der Waals surface area contributed by atoms with Crippen LogP contribution < -0.4 is 4.90 Å². The largest absolute Gasteiger partial charge is 0.456 e. The van der Waals surface area contributed by atoms with Crippen molar-refractivity contribution in [2.75, 3.05) is 4.90 Å². The quantitative estimate of drug-likeness (QED) is 0.170. The van der Waals surface area contributed by atoms with Gasteiger partial charge in [-0.3, -0.25) is 0 Å². The van der Waals surface area contributed by atoms with Gasteiger partial charge >= 0.3 is 0 Å². The van der Waals surface area contributed by atoms with Crippen molar-refractivity contribution in [3.8, 4) is 27.9 Å². The molecule has 0 saturated heterocycles. The first-order chi connectivity index (χ1) is 28.8. The normalized spacial score (nSPS) is 11.8. The van der Waals surface area contributed by atoms with E-state index in [0.29, 0.717) is 0 Å². The standard InChI is InChI=1S/C54H34N2O2/c1-2-17-37(18-3-1)55(38-19-12-15-35(33-38)40-25-14-30-51-52(40)44-23-6-10-28-49(44)57-51)48-32-31-41(54-53(48)45-24-7-11-29-50(45)58-54)36-16-13-20-39(34-36)56-46-26-8-4-21-42(46)43-22-5-9-27-47(43)56/h1-34H. The molecule has 0 bridgehead atoms. The Morgan fingerprint density at radius 2 is 0.931 bits per heavy atom. The predicted molar refractivity (Wildman–Crippen MR) is 241 cm³/mol. The summed E-state index contributed by atoms with van der Waals surface area (Å²) >= 11 is 0. The maximum Gasteiger partial charge on any atom is 0.145 e. The lowest BCUT2D eigenvalue weighted by atomic mass is 9.97. The molecule has 12 rings (SSSR count). The molecule has 4 nitrogen and oxygen atoms in total. The van der Waals surface area contributed by atoms with E-state index in [0.717, 1.165) is 88.9 Å².